The lowest BCUT2D eigenvalue weighted by molar-refractivity contribution is 0.631. The molecule has 8 aromatic carbocycles. The predicted molar refractivity (Wildman–Crippen MR) is 209 cm³/mol. The average molecular weight is 652 g/mol. The van der Waals surface area contributed by atoms with Crippen LogP contribution in [0.2, 0.25) is 0 Å². The van der Waals surface area contributed by atoms with Gasteiger partial charge in [-0.2, -0.15) is 0 Å². The van der Waals surface area contributed by atoms with E-state index in [1.54, 1.807) is 0 Å². The summed E-state index contributed by atoms with van der Waals surface area (Å²) in [5, 5.41) is 8.53. The van der Waals surface area contributed by atoms with Crippen molar-refractivity contribution in [3.63, 3.8) is 0 Å². The molecule has 0 aliphatic carbocycles. The molecule has 0 atom stereocenters. The molecule has 10 rings (SSSR count). The minimum Gasteiger partial charge on any atom is -0.456 e. The van der Waals surface area contributed by atoms with Crippen LogP contribution in [0.25, 0.3) is 99.9 Å². The highest BCUT2D eigenvalue weighted by Crippen LogP contribution is 2.40. The highest BCUT2D eigenvalue weighted by Gasteiger charge is 2.16. The summed E-state index contributed by atoms with van der Waals surface area (Å²) in [6.07, 6.45) is 0. The van der Waals surface area contributed by atoms with E-state index in [2.05, 4.69) is 127 Å². The second-order valence-corrected chi connectivity index (χ2v) is 12.8. The molecule has 10 aromatic rings. The van der Waals surface area contributed by atoms with Gasteiger partial charge in [0.1, 0.15) is 11.3 Å². The molecular formula is C47H29N3O. The summed E-state index contributed by atoms with van der Waals surface area (Å²) in [5.41, 5.74) is 7.01. The van der Waals surface area contributed by atoms with Crippen molar-refractivity contribution in [2.75, 3.05) is 0 Å². The zero-order valence-corrected chi connectivity index (χ0v) is 27.5. The number of benzene rings is 8. The van der Waals surface area contributed by atoms with Gasteiger partial charge < -0.3 is 4.42 Å². The van der Waals surface area contributed by atoms with Crippen LogP contribution in [0.3, 0.4) is 0 Å². The van der Waals surface area contributed by atoms with Crippen molar-refractivity contribution in [3.05, 3.63) is 176 Å². The first-order valence-corrected chi connectivity index (χ1v) is 17.1. The Balaban J connectivity index is 1.08. The zero-order valence-electron chi connectivity index (χ0n) is 27.5. The molecule has 0 spiro atoms. The number of rotatable bonds is 5. The summed E-state index contributed by atoms with van der Waals surface area (Å²) in [7, 11) is 0. The zero-order chi connectivity index (χ0) is 33.7. The summed E-state index contributed by atoms with van der Waals surface area (Å²) in [6, 6.07) is 61.2. The van der Waals surface area contributed by atoms with Crippen LogP contribution in [0.15, 0.2) is 180 Å². The molecule has 238 valence electrons. The van der Waals surface area contributed by atoms with Gasteiger partial charge in [-0.25, -0.2) is 15.0 Å². The van der Waals surface area contributed by atoms with Crippen LogP contribution in [0.1, 0.15) is 0 Å². The van der Waals surface area contributed by atoms with E-state index >= 15 is 0 Å². The quantitative estimate of drug-likeness (QED) is 0.137. The minimum absolute atomic E-state index is 0.617. The Hall–Kier alpha value is -6.91. The monoisotopic (exact) mass is 651 g/mol. The highest BCUT2D eigenvalue weighted by atomic mass is 16.3. The first kappa shape index (κ1) is 29.0. The summed E-state index contributed by atoms with van der Waals surface area (Å²) < 4.78 is 6.12. The molecular weight excluding hydrogens is 623 g/mol. The molecule has 0 fully saturated rings. The Morgan fingerprint density at radius 1 is 0.314 bits per heavy atom. The maximum atomic E-state index is 6.12. The third-order valence-corrected chi connectivity index (χ3v) is 9.72. The second kappa shape index (κ2) is 11.9. The maximum Gasteiger partial charge on any atom is 0.164 e. The van der Waals surface area contributed by atoms with Crippen molar-refractivity contribution in [2.45, 2.75) is 0 Å². The SMILES string of the molecule is c1ccc(-c2nc(-c3ccc(-c4cc5ccccc5o4)cc3)nc(-c3ccc(-c4c5ccccc5cc5c4ccc4ccccc45)cc3)n2)cc1. The van der Waals surface area contributed by atoms with Crippen molar-refractivity contribution in [1.29, 1.82) is 0 Å². The summed E-state index contributed by atoms with van der Waals surface area (Å²) in [6.45, 7) is 0. The molecule has 2 aromatic heterocycles. The number of fused-ring (bicyclic) bond motifs is 5. The van der Waals surface area contributed by atoms with Gasteiger partial charge in [0, 0.05) is 27.6 Å². The van der Waals surface area contributed by atoms with E-state index in [1.165, 1.54) is 37.9 Å². The molecule has 0 N–H and O–H groups in total. The molecule has 51 heavy (non-hydrogen) atoms. The van der Waals surface area contributed by atoms with Crippen molar-refractivity contribution in [1.82, 2.24) is 15.0 Å². The van der Waals surface area contributed by atoms with Crippen molar-refractivity contribution in [3.8, 4) is 56.6 Å². The smallest absolute Gasteiger partial charge is 0.164 e. The molecule has 0 aliphatic heterocycles. The van der Waals surface area contributed by atoms with Gasteiger partial charge in [-0.15, -0.1) is 0 Å². The fourth-order valence-corrected chi connectivity index (χ4v) is 7.18. The van der Waals surface area contributed by atoms with Gasteiger partial charge in [0.25, 0.3) is 0 Å². The molecule has 0 amide bonds. The normalized spacial score (nSPS) is 11.5. The maximum absolute atomic E-state index is 6.12. The summed E-state index contributed by atoms with van der Waals surface area (Å²) in [5.74, 6) is 2.70. The Bertz CT molecular complexity index is 2860. The first-order valence-electron chi connectivity index (χ1n) is 17.1. The highest BCUT2D eigenvalue weighted by molar-refractivity contribution is 6.20. The number of para-hydroxylation sites is 1. The van der Waals surface area contributed by atoms with Crippen molar-refractivity contribution < 1.29 is 4.42 Å². The topological polar surface area (TPSA) is 51.8 Å². The van der Waals surface area contributed by atoms with E-state index in [0.29, 0.717) is 17.5 Å². The lowest BCUT2D eigenvalue weighted by Gasteiger charge is -2.14. The van der Waals surface area contributed by atoms with Gasteiger partial charge >= 0.3 is 0 Å². The molecule has 4 nitrogen and oxygen atoms in total. The molecule has 0 unspecified atom stereocenters. The van der Waals surface area contributed by atoms with E-state index in [-0.39, 0.29) is 0 Å². The molecule has 0 aliphatic rings. The van der Waals surface area contributed by atoms with Crippen LogP contribution in [-0.2, 0) is 0 Å². The summed E-state index contributed by atoms with van der Waals surface area (Å²) in [4.78, 5) is 15.0. The Morgan fingerprint density at radius 2 is 0.843 bits per heavy atom. The lowest BCUT2D eigenvalue weighted by atomic mass is 9.89. The predicted octanol–water partition coefficient (Wildman–Crippen LogP) is 12.4. The third-order valence-electron chi connectivity index (χ3n) is 9.72. The number of hydrogen-bond acceptors (Lipinski definition) is 4. The Kier molecular flexibility index (Phi) is 6.78. The number of hydrogen-bond donors (Lipinski definition) is 0. The second-order valence-electron chi connectivity index (χ2n) is 12.8. The molecule has 0 saturated carbocycles. The minimum atomic E-state index is 0.617. The molecule has 0 saturated heterocycles. The van der Waals surface area contributed by atoms with Gasteiger partial charge in [0.2, 0.25) is 0 Å². The van der Waals surface area contributed by atoms with E-state index in [1.807, 2.05) is 48.5 Å². The van der Waals surface area contributed by atoms with Crippen LogP contribution in [0, 0.1) is 0 Å². The summed E-state index contributed by atoms with van der Waals surface area (Å²) >= 11 is 0. The van der Waals surface area contributed by atoms with Crippen LogP contribution in [0.5, 0.6) is 0 Å². The van der Waals surface area contributed by atoms with Gasteiger partial charge in [0.05, 0.1) is 0 Å². The van der Waals surface area contributed by atoms with Crippen molar-refractivity contribution >= 4 is 43.3 Å². The van der Waals surface area contributed by atoms with E-state index in [4.69, 9.17) is 19.4 Å². The molecule has 4 heteroatoms. The largest absolute Gasteiger partial charge is 0.456 e. The fraction of sp³-hybridized carbons (Fsp3) is 0. The fourth-order valence-electron chi connectivity index (χ4n) is 7.18. The van der Waals surface area contributed by atoms with Gasteiger partial charge in [0.15, 0.2) is 17.5 Å². The van der Waals surface area contributed by atoms with Gasteiger partial charge in [-0.3, -0.25) is 0 Å². The van der Waals surface area contributed by atoms with Crippen molar-refractivity contribution in [2.24, 2.45) is 0 Å². The third kappa shape index (κ3) is 5.13. The van der Waals surface area contributed by atoms with Crippen LogP contribution >= 0.6 is 0 Å². The van der Waals surface area contributed by atoms with Gasteiger partial charge in [-0.1, -0.05) is 158 Å². The number of furan rings is 1. The van der Waals surface area contributed by atoms with Crippen LogP contribution < -0.4 is 0 Å². The number of nitrogens with zero attached hydrogens (tertiary/aromatic N) is 3. The van der Waals surface area contributed by atoms with Crippen LogP contribution in [0.4, 0.5) is 0 Å². The standard InChI is InChI=1S/C47H29N3O/c1-2-11-33(12-3-1)45-48-46(34-22-18-31(19-23-34)43-29-37-14-6-9-17-42(37)51-43)50-47(49-45)35-24-20-32(21-25-35)44-39-16-8-5-13-36(39)28-41-38-15-7-4-10-30(38)26-27-40(41)44/h1-29H. The molecule has 0 bridgehead atoms. The van der Waals surface area contributed by atoms with E-state index < -0.39 is 0 Å². The average Bonchev–Trinajstić information content (AvgIpc) is 3.65. The Morgan fingerprint density at radius 3 is 1.53 bits per heavy atom. The Labute approximate surface area is 294 Å². The number of aromatic nitrogens is 3. The van der Waals surface area contributed by atoms with E-state index in [0.717, 1.165) is 44.5 Å². The van der Waals surface area contributed by atoms with Gasteiger partial charge in [-0.05, 0) is 61.6 Å². The first-order chi connectivity index (χ1) is 25.2. The van der Waals surface area contributed by atoms with Crippen LogP contribution in [-0.4, -0.2) is 15.0 Å². The van der Waals surface area contributed by atoms with E-state index in [9.17, 15) is 0 Å². The molecule has 0 radical (unpaired) electrons. The lowest BCUT2D eigenvalue weighted by Crippen LogP contribution is -2.00. The molecule has 2 heterocycles.